The monoisotopic (exact) mass is 313 g/mol. The lowest BCUT2D eigenvalue weighted by Gasteiger charge is -2.16. The number of rotatable bonds is 2. The molecule has 0 spiro atoms. The second-order valence-electron chi connectivity index (χ2n) is 4.53. The van der Waals surface area contributed by atoms with Crippen LogP contribution in [-0.4, -0.2) is 0 Å². The van der Waals surface area contributed by atoms with E-state index in [4.69, 9.17) is 17.3 Å². The summed E-state index contributed by atoms with van der Waals surface area (Å²) < 4.78 is 0.918. The smallest absolute Gasteiger partial charge is 0.0548 e. The maximum Gasteiger partial charge on any atom is 0.0548 e. The van der Waals surface area contributed by atoms with Crippen LogP contribution in [0.3, 0.4) is 0 Å². The highest BCUT2D eigenvalue weighted by Gasteiger charge is 2.14. The Labute approximate surface area is 116 Å². The summed E-state index contributed by atoms with van der Waals surface area (Å²) in [4.78, 5) is 0. The molecule has 1 aromatic rings. The first kappa shape index (κ1) is 13.1. The Bertz CT molecular complexity index is 428. The zero-order chi connectivity index (χ0) is 12.3. The van der Waals surface area contributed by atoms with E-state index in [1.807, 2.05) is 18.2 Å². The van der Waals surface area contributed by atoms with Crippen LogP contribution in [0.25, 0.3) is 0 Å². The van der Waals surface area contributed by atoms with Gasteiger partial charge in [-0.2, -0.15) is 0 Å². The number of hydrogen-bond acceptors (Lipinski definition) is 1. The van der Waals surface area contributed by atoms with Gasteiger partial charge in [0.15, 0.2) is 0 Å². The molecule has 0 aromatic heterocycles. The molecule has 1 atom stereocenters. The Morgan fingerprint density at radius 1 is 1.24 bits per heavy atom. The third-order valence-corrected chi connectivity index (χ3v) is 4.49. The minimum absolute atomic E-state index is 0.0154. The first-order chi connectivity index (χ1) is 8.18. The molecule has 1 aromatic carbocycles. The number of nitrogens with two attached hydrogens (primary N) is 1. The maximum atomic E-state index is 6.33. The summed E-state index contributed by atoms with van der Waals surface area (Å²) in [6.07, 6.45) is 8.48. The molecule has 0 radical (unpaired) electrons. The Morgan fingerprint density at radius 3 is 2.82 bits per heavy atom. The number of halogens is 2. The van der Waals surface area contributed by atoms with Gasteiger partial charge in [-0.1, -0.05) is 35.7 Å². The van der Waals surface area contributed by atoms with Crippen molar-refractivity contribution in [3.05, 3.63) is 44.9 Å². The molecule has 0 amide bonds. The molecule has 2 rings (SSSR count). The van der Waals surface area contributed by atoms with E-state index in [1.54, 1.807) is 0 Å². The summed E-state index contributed by atoms with van der Waals surface area (Å²) >= 11 is 9.44. The van der Waals surface area contributed by atoms with Crippen LogP contribution in [0.2, 0.25) is 5.02 Å². The van der Waals surface area contributed by atoms with Crippen molar-refractivity contribution in [2.24, 2.45) is 5.73 Å². The molecule has 0 fully saturated rings. The van der Waals surface area contributed by atoms with Crippen LogP contribution in [0.15, 0.2) is 34.3 Å². The molecule has 3 heteroatoms. The van der Waals surface area contributed by atoms with Gasteiger partial charge in [0.1, 0.15) is 0 Å². The quantitative estimate of drug-likeness (QED) is 0.764. The average Bonchev–Trinajstić information content (AvgIpc) is 2.60. The summed E-state index contributed by atoms with van der Waals surface area (Å²) in [7, 11) is 0. The highest BCUT2D eigenvalue weighted by molar-refractivity contribution is 9.10. The van der Waals surface area contributed by atoms with Crippen LogP contribution < -0.4 is 5.73 Å². The van der Waals surface area contributed by atoms with Gasteiger partial charge in [-0.15, -0.1) is 0 Å². The number of hydrogen-bond donors (Lipinski definition) is 1. The van der Waals surface area contributed by atoms with Gasteiger partial charge in [0.25, 0.3) is 0 Å². The minimum atomic E-state index is 0.0154. The molecule has 0 aliphatic heterocycles. The van der Waals surface area contributed by atoms with Gasteiger partial charge in [-0.3, -0.25) is 0 Å². The second kappa shape index (κ2) is 6.03. The van der Waals surface area contributed by atoms with Crippen molar-refractivity contribution >= 4 is 27.5 Å². The van der Waals surface area contributed by atoms with E-state index in [-0.39, 0.29) is 6.04 Å². The highest BCUT2D eigenvalue weighted by atomic mass is 79.9. The maximum absolute atomic E-state index is 6.33. The predicted molar refractivity (Wildman–Crippen MR) is 77.2 cm³/mol. The van der Waals surface area contributed by atoms with Crippen molar-refractivity contribution in [3.8, 4) is 0 Å². The fourth-order valence-electron chi connectivity index (χ4n) is 2.24. The fraction of sp³-hybridized carbons (Fsp3) is 0.429. The Morgan fingerprint density at radius 2 is 2.06 bits per heavy atom. The van der Waals surface area contributed by atoms with Crippen molar-refractivity contribution in [1.82, 2.24) is 0 Å². The van der Waals surface area contributed by atoms with E-state index in [1.165, 1.54) is 24.8 Å². The van der Waals surface area contributed by atoms with E-state index >= 15 is 0 Å². The standard InChI is InChI=1S/C14H17BrClN/c15-12-9-11(7-8-13(12)16)14(17)10-5-3-1-2-4-6-10/h5,7-9,14H,1-4,6,17H2. The molecule has 0 heterocycles. The zero-order valence-electron chi connectivity index (χ0n) is 9.76. The molecule has 0 saturated heterocycles. The SMILES string of the molecule is NC(C1=CCCCCC1)c1ccc(Cl)c(Br)c1. The van der Waals surface area contributed by atoms with Crippen LogP contribution >= 0.6 is 27.5 Å². The Balaban J connectivity index is 2.20. The van der Waals surface area contributed by atoms with E-state index in [2.05, 4.69) is 22.0 Å². The van der Waals surface area contributed by atoms with E-state index in [9.17, 15) is 0 Å². The van der Waals surface area contributed by atoms with Crippen molar-refractivity contribution in [2.45, 2.75) is 38.1 Å². The van der Waals surface area contributed by atoms with Gasteiger partial charge in [0.2, 0.25) is 0 Å². The third kappa shape index (κ3) is 3.34. The summed E-state index contributed by atoms with van der Waals surface area (Å²) in [5.74, 6) is 0. The molecule has 1 aliphatic carbocycles. The summed E-state index contributed by atoms with van der Waals surface area (Å²) in [5.41, 5.74) is 8.83. The van der Waals surface area contributed by atoms with E-state index < -0.39 is 0 Å². The van der Waals surface area contributed by atoms with E-state index in [0.717, 1.165) is 27.9 Å². The van der Waals surface area contributed by atoms with Crippen LogP contribution in [0.4, 0.5) is 0 Å². The third-order valence-electron chi connectivity index (χ3n) is 3.28. The molecular weight excluding hydrogens is 298 g/mol. The highest BCUT2D eigenvalue weighted by Crippen LogP contribution is 2.31. The first-order valence-corrected chi connectivity index (χ1v) is 7.25. The zero-order valence-corrected chi connectivity index (χ0v) is 12.1. The van der Waals surface area contributed by atoms with Crippen molar-refractivity contribution in [1.29, 1.82) is 0 Å². The molecule has 1 aliphatic rings. The van der Waals surface area contributed by atoms with Crippen molar-refractivity contribution in [2.75, 3.05) is 0 Å². The van der Waals surface area contributed by atoms with Gasteiger partial charge in [-0.05, 0) is 59.3 Å². The first-order valence-electron chi connectivity index (χ1n) is 6.08. The summed E-state index contributed by atoms with van der Waals surface area (Å²) in [6.45, 7) is 0. The summed E-state index contributed by atoms with van der Waals surface area (Å²) in [5, 5.41) is 0.732. The largest absolute Gasteiger partial charge is 0.321 e. The van der Waals surface area contributed by atoms with E-state index in [0.29, 0.717) is 0 Å². The average molecular weight is 315 g/mol. The molecule has 0 saturated carbocycles. The molecule has 92 valence electrons. The predicted octanol–water partition coefficient (Wildman–Crippen LogP) is 4.99. The van der Waals surface area contributed by atoms with Crippen LogP contribution in [0, 0.1) is 0 Å². The lowest BCUT2D eigenvalue weighted by molar-refractivity contribution is 0.688. The fourth-order valence-corrected chi connectivity index (χ4v) is 2.76. The Kier molecular flexibility index (Phi) is 4.66. The van der Waals surface area contributed by atoms with Gasteiger partial charge in [-0.25, -0.2) is 0 Å². The van der Waals surface area contributed by atoms with Crippen LogP contribution in [0.1, 0.15) is 43.7 Å². The second-order valence-corrected chi connectivity index (χ2v) is 5.79. The minimum Gasteiger partial charge on any atom is -0.321 e. The topological polar surface area (TPSA) is 26.0 Å². The lowest BCUT2D eigenvalue weighted by Crippen LogP contribution is -2.13. The molecule has 2 N–H and O–H groups in total. The van der Waals surface area contributed by atoms with Crippen LogP contribution in [0.5, 0.6) is 0 Å². The Hall–Kier alpha value is -0.310. The molecular formula is C14H17BrClN. The molecule has 1 unspecified atom stereocenters. The van der Waals surface area contributed by atoms with Gasteiger partial charge < -0.3 is 5.73 Å². The number of allylic oxidation sites excluding steroid dienone is 1. The van der Waals surface area contributed by atoms with Gasteiger partial charge in [0.05, 0.1) is 11.1 Å². The molecule has 0 bridgehead atoms. The number of benzene rings is 1. The normalized spacial score (nSPS) is 18.4. The van der Waals surface area contributed by atoms with Crippen molar-refractivity contribution < 1.29 is 0 Å². The molecule has 17 heavy (non-hydrogen) atoms. The van der Waals surface area contributed by atoms with Gasteiger partial charge >= 0.3 is 0 Å². The van der Waals surface area contributed by atoms with Gasteiger partial charge in [0, 0.05) is 4.47 Å². The van der Waals surface area contributed by atoms with Crippen LogP contribution in [-0.2, 0) is 0 Å². The molecule has 1 nitrogen and oxygen atoms in total. The lowest BCUT2D eigenvalue weighted by atomic mass is 9.96. The summed E-state index contributed by atoms with van der Waals surface area (Å²) in [6, 6.07) is 5.96. The van der Waals surface area contributed by atoms with Crippen molar-refractivity contribution in [3.63, 3.8) is 0 Å².